The zero-order chi connectivity index (χ0) is 14.7. The monoisotopic (exact) mass is 346 g/mol. The molecule has 2 aromatic heterocycles. The lowest BCUT2D eigenvalue weighted by atomic mass is 10.0. The van der Waals surface area contributed by atoms with Gasteiger partial charge >= 0.3 is 0 Å². The maximum Gasteiger partial charge on any atom is 0.109 e. The van der Waals surface area contributed by atoms with Crippen LogP contribution in [0.5, 0.6) is 0 Å². The lowest BCUT2D eigenvalue weighted by Gasteiger charge is -2.34. The fourth-order valence-corrected chi connectivity index (χ4v) is 2.93. The van der Waals surface area contributed by atoms with Crippen LogP contribution >= 0.6 is 15.9 Å². The maximum atomic E-state index is 4.34. The molecule has 2 aromatic rings. The molecule has 1 N–H and O–H groups in total. The molecule has 0 bridgehead atoms. The Morgan fingerprint density at radius 2 is 1.95 bits per heavy atom. The van der Waals surface area contributed by atoms with Crippen molar-refractivity contribution in [2.45, 2.75) is 25.8 Å². The standard InChI is InChI=1S/C16H19BrN4/c1-12-10-14(11-19-16(12)17)20-13-4-8-21(9-5-13)15-2-6-18-7-3-15/h2-3,6-7,10-11,13,20H,4-5,8-9H2,1H3. The predicted octanol–water partition coefficient (Wildman–Crippen LogP) is 3.63. The Morgan fingerprint density at radius 3 is 2.62 bits per heavy atom. The summed E-state index contributed by atoms with van der Waals surface area (Å²) in [7, 11) is 0. The number of halogens is 1. The Bertz CT molecular complexity index is 594. The van der Waals surface area contributed by atoms with Crippen LogP contribution in [0.2, 0.25) is 0 Å². The van der Waals surface area contributed by atoms with Crippen molar-refractivity contribution in [1.29, 1.82) is 0 Å². The Hall–Kier alpha value is -1.62. The van der Waals surface area contributed by atoms with Crippen molar-refractivity contribution >= 4 is 27.3 Å². The molecule has 1 fully saturated rings. The predicted molar refractivity (Wildman–Crippen MR) is 89.8 cm³/mol. The van der Waals surface area contributed by atoms with E-state index in [1.54, 1.807) is 0 Å². The number of nitrogens with zero attached hydrogens (tertiary/aromatic N) is 3. The molecular weight excluding hydrogens is 328 g/mol. The quantitative estimate of drug-likeness (QED) is 0.861. The van der Waals surface area contributed by atoms with Crippen molar-refractivity contribution in [2.75, 3.05) is 23.3 Å². The summed E-state index contributed by atoms with van der Waals surface area (Å²) < 4.78 is 0.917. The normalized spacial score (nSPS) is 16.0. The molecule has 21 heavy (non-hydrogen) atoms. The average Bonchev–Trinajstić information content (AvgIpc) is 2.53. The van der Waals surface area contributed by atoms with Gasteiger partial charge in [-0.2, -0.15) is 0 Å². The molecule has 0 radical (unpaired) electrons. The molecule has 1 saturated heterocycles. The molecule has 3 rings (SSSR count). The molecular formula is C16H19BrN4. The molecule has 3 heterocycles. The van der Waals surface area contributed by atoms with Gasteiger partial charge in [0.1, 0.15) is 4.60 Å². The molecule has 1 aliphatic heterocycles. The molecule has 110 valence electrons. The van der Waals surface area contributed by atoms with E-state index >= 15 is 0 Å². The number of hydrogen-bond donors (Lipinski definition) is 1. The zero-order valence-electron chi connectivity index (χ0n) is 12.1. The Labute approximate surface area is 133 Å². The van der Waals surface area contributed by atoms with E-state index in [9.17, 15) is 0 Å². The summed E-state index contributed by atoms with van der Waals surface area (Å²) in [5, 5.41) is 3.60. The van der Waals surface area contributed by atoms with Gasteiger partial charge < -0.3 is 10.2 Å². The van der Waals surface area contributed by atoms with E-state index in [-0.39, 0.29) is 0 Å². The van der Waals surface area contributed by atoms with Crippen molar-refractivity contribution in [2.24, 2.45) is 0 Å². The Kier molecular flexibility index (Phi) is 4.39. The number of nitrogens with one attached hydrogen (secondary N) is 1. The Balaban J connectivity index is 1.57. The Morgan fingerprint density at radius 1 is 1.24 bits per heavy atom. The van der Waals surface area contributed by atoms with Crippen LogP contribution in [0.3, 0.4) is 0 Å². The van der Waals surface area contributed by atoms with Crippen LogP contribution in [-0.4, -0.2) is 29.1 Å². The highest BCUT2D eigenvalue weighted by atomic mass is 79.9. The van der Waals surface area contributed by atoms with Crippen molar-refractivity contribution in [3.05, 3.63) is 47.0 Å². The third-order valence-corrected chi connectivity index (χ3v) is 4.74. The summed E-state index contributed by atoms with van der Waals surface area (Å²) in [5.41, 5.74) is 3.54. The third kappa shape index (κ3) is 3.53. The fraction of sp³-hybridized carbons (Fsp3) is 0.375. The second-order valence-electron chi connectivity index (χ2n) is 5.44. The number of aryl methyl sites for hydroxylation is 1. The summed E-state index contributed by atoms with van der Waals surface area (Å²) in [6, 6.07) is 6.82. The van der Waals surface area contributed by atoms with E-state index in [4.69, 9.17) is 0 Å². The van der Waals surface area contributed by atoms with Crippen molar-refractivity contribution in [3.63, 3.8) is 0 Å². The van der Waals surface area contributed by atoms with E-state index in [0.29, 0.717) is 6.04 Å². The van der Waals surface area contributed by atoms with Crippen LogP contribution in [0.4, 0.5) is 11.4 Å². The van der Waals surface area contributed by atoms with E-state index in [1.165, 1.54) is 5.69 Å². The number of pyridine rings is 2. The maximum absolute atomic E-state index is 4.34. The minimum Gasteiger partial charge on any atom is -0.381 e. The highest BCUT2D eigenvalue weighted by Gasteiger charge is 2.19. The molecule has 0 amide bonds. The van der Waals surface area contributed by atoms with Crippen LogP contribution in [0.15, 0.2) is 41.4 Å². The molecule has 4 nitrogen and oxygen atoms in total. The first-order valence-electron chi connectivity index (χ1n) is 7.26. The summed E-state index contributed by atoms with van der Waals surface area (Å²) in [6.45, 7) is 4.21. The summed E-state index contributed by atoms with van der Waals surface area (Å²) >= 11 is 3.44. The van der Waals surface area contributed by atoms with Gasteiger partial charge in [0.05, 0.1) is 11.9 Å². The highest BCUT2D eigenvalue weighted by Crippen LogP contribution is 2.23. The van der Waals surface area contributed by atoms with E-state index in [1.807, 2.05) is 18.6 Å². The van der Waals surface area contributed by atoms with Gasteiger partial charge in [0, 0.05) is 37.2 Å². The largest absolute Gasteiger partial charge is 0.381 e. The number of rotatable bonds is 3. The minimum absolute atomic E-state index is 0.519. The topological polar surface area (TPSA) is 41.0 Å². The lowest BCUT2D eigenvalue weighted by molar-refractivity contribution is 0.526. The molecule has 0 aromatic carbocycles. The van der Waals surface area contributed by atoms with Crippen LogP contribution in [0.25, 0.3) is 0 Å². The second kappa shape index (κ2) is 6.43. The molecule has 0 atom stereocenters. The van der Waals surface area contributed by atoms with Crippen molar-refractivity contribution in [1.82, 2.24) is 9.97 Å². The molecule has 0 saturated carbocycles. The number of anilines is 2. The third-order valence-electron chi connectivity index (χ3n) is 3.91. The summed E-state index contributed by atoms with van der Waals surface area (Å²) in [4.78, 5) is 10.8. The number of piperidine rings is 1. The first kappa shape index (κ1) is 14.3. The van der Waals surface area contributed by atoms with Crippen LogP contribution in [-0.2, 0) is 0 Å². The first-order valence-corrected chi connectivity index (χ1v) is 8.05. The minimum atomic E-state index is 0.519. The molecule has 0 aliphatic carbocycles. The SMILES string of the molecule is Cc1cc(NC2CCN(c3ccncc3)CC2)cnc1Br. The zero-order valence-corrected chi connectivity index (χ0v) is 13.7. The van der Waals surface area contributed by atoms with Gasteiger partial charge in [0.25, 0.3) is 0 Å². The van der Waals surface area contributed by atoms with Gasteiger partial charge in [0.2, 0.25) is 0 Å². The van der Waals surface area contributed by atoms with Gasteiger partial charge in [-0.25, -0.2) is 4.98 Å². The molecule has 0 spiro atoms. The van der Waals surface area contributed by atoms with E-state index in [0.717, 1.165) is 41.8 Å². The smallest absolute Gasteiger partial charge is 0.109 e. The number of hydrogen-bond acceptors (Lipinski definition) is 4. The van der Waals surface area contributed by atoms with Crippen LogP contribution in [0.1, 0.15) is 18.4 Å². The summed E-state index contributed by atoms with van der Waals surface area (Å²) in [6.07, 6.45) is 7.88. The van der Waals surface area contributed by atoms with Gasteiger partial charge in [-0.3, -0.25) is 4.98 Å². The van der Waals surface area contributed by atoms with E-state index < -0.39 is 0 Å². The molecule has 0 unspecified atom stereocenters. The summed E-state index contributed by atoms with van der Waals surface area (Å²) in [5.74, 6) is 0. The molecule has 1 aliphatic rings. The number of aromatic nitrogens is 2. The van der Waals surface area contributed by atoms with Crippen molar-refractivity contribution < 1.29 is 0 Å². The van der Waals surface area contributed by atoms with E-state index in [2.05, 4.69) is 61.2 Å². The highest BCUT2D eigenvalue weighted by molar-refractivity contribution is 9.10. The van der Waals surface area contributed by atoms with Gasteiger partial charge in [-0.1, -0.05) is 0 Å². The van der Waals surface area contributed by atoms with Gasteiger partial charge in [-0.05, 0) is 59.5 Å². The van der Waals surface area contributed by atoms with Crippen molar-refractivity contribution in [3.8, 4) is 0 Å². The lowest BCUT2D eigenvalue weighted by Crippen LogP contribution is -2.39. The van der Waals surface area contributed by atoms with Crippen LogP contribution in [0, 0.1) is 6.92 Å². The fourth-order valence-electron chi connectivity index (χ4n) is 2.71. The van der Waals surface area contributed by atoms with Gasteiger partial charge in [-0.15, -0.1) is 0 Å². The molecule has 5 heteroatoms. The van der Waals surface area contributed by atoms with Gasteiger partial charge in [0.15, 0.2) is 0 Å². The average molecular weight is 347 g/mol. The second-order valence-corrected chi connectivity index (χ2v) is 6.19. The first-order chi connectivity index (χ1) is 10.2. The van der Waals surface area contributed by atoms with Crippen LogP contribution < -0.4 is 10.2 Å².